The highest BCUT2D eigenvalue weighted by atomic mass is 16.3. The molecule has 9 heteroatoms. The smallest absolute Gasteiger partial charge is 0.226 e. The van der Waals surface area contributed by atoms with Gasteiger partial charge in [-0.3, -0.25) is 5.10 Å². The largest absolute Gasteiger partial charge is 0.394 e. The Morgan fingerprint density at radius 2 is 2.19 bits per heavy atom. The summed E-state index contributed by atoms with van der Waals surface area (Å²) in [4.78, 5) is 9.65. The fraction of sp³-hybridized carbons (Fsp3) is 0.591. The Labute approximate surface area is 180 Å². The van der Waals surface area contributed by atoms with Gasteiger partial charge in [0.15, 0.2) is 5.82 Å². The molecule has 0 saturated heterocycles. The Kier molecular flexibility index (Phi) is 4.10. The number of hydrogen-bond acceptors (Lipinski definition) is 7. The van der Waals surface area contributed by atoms with Crippen molar-refractivity contribution in [3.8, 4) is 0 Å². The standard InChI is InChI=1S/C22H29N7O2/c1-11-5-17(28-27-11)23-19-15-3-4-29(12(2)10-30)20(15)26-21(25-19)24-18-14-6-13-7-16(18)22(31,8-13)9-14/h3-5,12-14,16,18,30-31H,6-10H2,1-2H3,(H3,23,24,25,26,27,28)/t12-,13?,14?,16?,18?,22?/m1/s1. The summed E-state index contributed by atoms with van der Waals surface area (Å²) >= 11 is 0. The summed E-state index contributed by atoms with van der Waals surface area (Å²) in [6.07, 6.45) is 6.02. The van der Waals surface area contributed by atoms with Crippen molar-refractivity contribution < 1.29 is 10.2 Å². The third kappa shape index (κ3) is 2.94. The third-order valence-corrected chi connectivity index (χ3v) is 7.67. The molecule has 4 aliphatic rings. The van der Waals surface area contributed by atoms with Crippen LogP contribution in [0.4, 0.5) is 17.6 Å². The van der Waals surface area contributed by atoms with E-state index in [0.29, 0.717) is 29.4 Å². The zero-order valence-corrected chi connectivity index (χ0v) is 17.8. The average molecular weight is 424 g/mol. The molecule has 0 spiro atoms. The highest BCUT2D eigenvalue weighted by Crippen LogP contribution is 2.60. The van der Waals surface area contributed by atoms with Crippen LogP contribution in [0.15, 0.2) is 18.3 Å². The topological polar surface area (TPSA) is 124 Å². The number of nitrogens with zero attached hydrogens (tertiary/aromatic N) is 4. The number of H-pyrrole nitrogens is 1. The lowest BCUT2D eigenvalue weighted by Gasteiger charge is -2.32. The van der Waals surface area contributed by atoms with Crippen molar-refractivity contribution in [3.63, 3.8) is 0 Å². The minimum Gasteiger partial charge on any atom is -0.394 e. The zero-order chi connectivity index (χ0) is 21.3. The first kappa shape index (κ1) is 19.1. The maximum Gasteiger partial charge on any atom is 0.226 e. The summed E-state index contributed by atoms with van der Waals surface area (Å²) in [6.45, 7) is 3.94. The van der Waals surface area contributed by atoms with E-state index in [1.807, 2.05) is 36.7 Å². The molecule has 3 heterocycles. The third-order valence-electron chi connectivity index (χ3n) is 7.67. The molecule has 3 aromatic heterocycles. The number of aromatic amines is 1. The number of aryl methyl sites for hydroxylation is 1. The predicted molar refractivity (Wildman–Crippen MR) is 117 cm³/mol. The van der Waals surface area contributed by atoms with Gasteiger partial charge in [0.25, 0.3) is 0 Å². The summed E-state index contributed by atoms with van der Waals surface area (Å²) in [5.74, 6) is 3.32. The van der Waals surface area contributed by atoms with E-state index >= 15 is 0 Å². The van der Waals surface area contributed by atoms with Crippen LogP contribution in [0.2, 0.25) is 0 Å². The lowest BCUT2D eigenvalue weighted by Crippen LogP contribution is -2.37. The molecule has 4 aliphatic carbocycles. The molecular weight excluding hydrogens is 394 g/mol. The number of aliphatic hydroxyl groups is 2. The van der Waals surface area contributed by atoms with Crippen molar-refractivity contribution in [2.24, 2.45) is 17.8 Å². The number of hydrogen-bond donors (Lipinski definition) is 5. The molecule has 0 radical (unpaired) electrons. The predicted octanol–water partition coefficient (Wildman–Crippen LogP) is 2.72. The summed E-state index contributed by atoms with van der Waals surface area (Å²) in [5, 5.41) is 35.8. The number of rotatable bonds is 6. The number of fused-ring (bicyclic) bond motifs is 1. The summed E-state index contributed by atoms with van der Waals surface area (Å²) < 4.78 is 1.98. The molecule has 164 valence electrons. The van der Waals surface area contributed by atoms with Crippen LogP contribution in [0.3, 0.4) is 0 Å². The summed E-state index contributed by atoms with van der Waals surface area (Å²) in [6, 6.07) is 3.99. The van der Waals surface area contributed by atoms with Crippen LogP contribution in [0.5, 0.6) is 0 Å². The van der Waals surface area contributed by atoms with Gasteiger partial charge in [-0.1, -0.05) is 0 Å². The fourth-order valence-corrected chi connectivity index (χ4v) is 6.38. The molecule has 0 amide bonds. The van der Waals surface area contributed by atoms with Crippen molar-refractivity contribution in [1.29, 1.82) is 0 Å². The summed E-state index contributed by atoms with van der Waals surface area (Å²) in [7, 11) is 0. The van der Waals surface area contributed by atoms with Gasteiger partial charge in [0.05, 0.1) is 23.6 Å². The molecule has 5 unspecified atom stereocenters. The molecular formula is C22H29N7O2. The molecule has 0 aromatic carbocycles. The number of anilines is 3. The minimum atomic E-state index is -0.519. The highest BCUT2D eigenvalue weighted by molar-refractivity contribution is 5.90. The van der Waals surface area contributed by atoms with Crippen LogP contribution in [-0.4, -0.2) is 53.2 Å². The average Bonchev–Trinajstić information content (AvgIpc) is 3.44. The van der Waals surface area contributed by atoms with Gasteiger partial charge in [-0.05, 0) is 57.4 Å². The van der Waals surface area contributed by atoms with Gasteiger partial charge in [0.2, 0.25) is 5.95 Å². The Hall–Kier alpha value is -2.65. The fourth-order valence-electron chi connectivity index (χ4n) is 6.38. The van der Waals surface area contributed by atoms with E-state index in [9.17, 15) is 10.2 Å². The van der Waals surface area contributed by atoms with Crippen molar-refractivity contribution in [3.05, 3.63) is 24.0 Å². The van der Waals surface area contributed by atoms with Crippen LogP contribution < -0.4 is 10.6 Å². The van der Waals surface area contributed by atoms with Crippen LogP contribution in [0.25, 0.3) is 11.0 Å². The zero-order valence-electron chi connectivity index (χ0n) is 17.8. The van der Waals surface area contributed by atoms with Gasteiger partial charge in [0.1, 0.15) is 11.5 Å². The molecule has 4 fully saturated rings. The molecule has 4 bridgehead atoms. The van der Waals surface area contributed by atoms with Crippen molar-refractivity contribution in [1.82, 2.24) is 24.7 Å². The molecule has 7 rings (SSSR count). The Balaban J connectivity index is 1.39. The Morgan fingerprint density at radius 3 is 2.94 bits per heavy atom. The first-order valence-electron chi connectivity index (χ1n) is 11.2. The van der Waals surface area contributed by atoms with Crippen LogP contribution in [0, 0.1) is 24.7 Å². The second-order valence-electron chi connectivity index (χ2n) is 9.83. The first-order valence-corrected chi connectivity index (χ1v) is 11.2. The second-order valence-corrected chi connectivity index (χ2v) is 9.83. The quantitative estimate of drug-likeness (QED) is 0.413. The van der Waals surface area contributed by atoms with E-state index in [2.05, 4.69) is 20.8 Å². The van der Waals surface area contributed by atoms with Gasteiger partial charge in [-0.2, -0.15) is 15.1 Å². The Bertz CT molecular complexity index is 1140. The molecule has 5 N–H and O–H groups in total. The van der Waals surface area contributed by atoms with Crippen molar-refractivity contribution >= 4 is 28.6 Å². The van der Waals surface area contributed by atoms with Crippen molar-refractivity contribution in [2.75, 3.05) is 17.2 Å². The first-order chi connectivity index (χ1) is 14.9. The molecule has 0 aliphatic heterocycles. The van der Waals surface area contributed by atoms with Gasteiger partial charge >= 0.3 is 0 Å². The van der Waals surface area contributed by atoms with E-state index in [1.54, 1.807) is 0 Å². The van der Waals surface area contributed by atoms with Crippen LogP contribution in [0.1, 0.15) is 44.3 Å². The Morgan fingerprint density at radius 1 is 1.32 bits per heavy atom. The van der Waals surface area contributed by atoms with E-state index in [4.69, 9.17) is 9.97 Å². The highest BCUT2D eigenvalue weighted by Gasteiger charge is 2.62. The molecule has 9 nitrogen and oxygen atoms in total. The van der Waals surface area contributed by atoms with E-state index in [1.165, 1.54) is 6.42 Å². The van der Waals surface area contributed by atoms with E-state index in [0.717, 1.165) is 36.0 Å². The maximum absolute atomic E-state index is 11.1. The normalized spacial score (nSPS) is 32.1. The molecule has 4 saturated carbocycles. The van der Waals surface area contributed by atoms with E-state index in [-0.39, 0.29) is 24.6 Å². The SMILES string of the molecule is Cc1cc(Nc2nc(NC3C4CC5CC3C(O)(C5)C4)nc3c2ccn3[C@H](C)CO)n[nH]1. The van der Waals surface area contributed by atoms with Crippen molar-refractivity contribution in [2.45, 2.75) is 57.2 Å². The maximum atomic E-state index is 11.1. The summed E-state index contributed by atoms with van der Waals surface area (Å²) in [5.41, 5.74) is 1.21. The van der Waals surface area contributed by atoms with Crippen LogP contribution in [-0.2, 0) is 0 Å². The number of nitrogens with one attached hydrogen (secondary N) is 3. The molecule has 3 aromatic rings. The van der Waals surface area contributed by atoms with Gasteiger partial charge < -0.3 is 25.4 Å². The number of aliphatic hydroxyl groups excluding tert-OH is 1. The van der Waals surface area contributed by atoms with E-state index < -0.39 is 5.60 Å². The molecule has 6 atom stereocenters. The lowest BCUT2D eigenvalue weighted by atomic mass is 9.79. The van der Waals surface area contributed by atoms with Gasteiger partial charge in [-0.25, -0.2) is 0 Å². The van der Waals surface area contributed by atoms with Gasteiger partial charge in [-0.15, -0.1) is 0 Å². The molecule has 31 heavy (non-hydrogen) atoms. The van der Waals surface area contributed by atoms with Crippen LogP contribution >= 0.6 is 0 Å². The van der Waals surface area contributed by atoms with Gasteiger partial charge in [0, 0.05) is 29.9 Å². The number of aromatic nitrogens is 5. The second kappa shape index (κ2) is 6.67. The monoisotopic (exact) mass is 423 g/mol. The lowest BCUT2D eigenvalue weighted by molar-refractivity contribution is 0.00988. The minimum absolute atomic E-state index is 0.0268.